The molecule has 0 spiro atoms. The first kappa shape index (κ1) is 24.1. The minimum atomic E-state index is -3.59. The van der Waals surface area contributed by atoms with Crippen molar-refractivity contribution in [1.29, 1.82) is 0 Å². The lowest BCUT2D eigenvalue weighted by Crippen LogP contribution is -2.55. The predicted molar refractivity (Wildman–Crippen MR) is 125 cm³/mol. The molecule has 0 radical (unpaired) electrons. The Bertz CT molecular complexity index is 1110. The van der Waals surface area contributed by atoms with Gasteiger partial charge in [0.05, 0.1) is 47.9 Å². The number of aryl methyl sites for hydroxylation is 2. The highest BCUT2D eigenvalue weighted by molar-refractivity contribution is 7.89. The lowest BCUT2D eigenvalue weighted by atomic mass is 10.0. The van der Waals surface area contributed by atoms with E-state index in [9.17, 15) is 13.2 Å². The van der Waals surface area contributed by atoms with Crippen molar-refractivity contribution in [3.8, 4) is 0 Å². The Morgan fingerprint density at radius 2 is 1.85 bits per heavy atom. The molecule has 0 aliphatic carbocycles. The molecule has 2 aliphatic rings. The van der Waals surface area contributed by atoms with Gasteiger partial charge in [-0.1, -0.05) is 6.92 Å². The first-order valence-electron chi connectivity index (χ1n) is 11.7. The molecular weight excluding hydrogens is 444 g/mol. The molecule has 1 amide bonds. The number of carbonyl (C=O) groups excluding carboxylic acids is 1. The summed E-state index contributed by atoms with van der Waals surface area (Å²) in [4.78, 5) is 19.9. The molecule has 0 N–H and O–H groups in total. The highest BCUT2D eigenvalue weighted by Gasteiger charge is 2.34. The van der Waals surface area contributed by atoms with Crippen LogP contribution in [-0.2, 0) is 37.3 Å². The predicted octanol–water partition coefficient (Wildman–Crippen LogP) is 2.04. The van der Waals surface area contributed by atoms with Gasteiger partial charge in [0.2, 0.25) is 15.9 Å². The van der Waals surface area contributed by atoms with Gasteiger partial charge >= 0.3 is 0 Å². The van der Waals surface area contributed by atoms with Gasteiger partial charge < -0.3 is 18.9 Å². The molecule has 2 fully saturated rings. The lowest BCUT2D eigenvalue weighted by molar-refractivity contribution is -0.146. The van der Waals surface area contributed by atoms with E-state index in [-0.39, 0.29) is 16.3 Å². The molecule has 2 aromatic rings. The molecule has 10 heteroatoms. The van der Waals surface area contributed by atoms with E-state index >= 15 is 0 Å². The van der Waals surface area contributed by atoms with Gasteiger partial charge in [-0.05, 0) is 38.5 Å². The molecule has 182 valence electrons. The summed E-state index contributed by atoms with van der Waals surface area (Å²) >= 11 is 0. The third-order valence-corrected chi connectivity index (χ3v) is 8.26. The van der Waals surface area contributed by atoms with Gasteiger partial charge in [0, 0.05) is 39.0 Å². The van der Waals surface area contributed by atoms with Gasteiger partial charge in [-0.2, -0.15) is 4.31 Å². The average molecular weight is 479 g/mol. The number of hydrogen-bond donors (Lipinski definition) is 0. The number of carbonyl (C=O) groups is 1. The topological polar surface area (TPSA) is 94.0 Å². The molecule has 1 aromatic heterocycles. The van der Waals surface area contributed by atoms with Crippen LogP contribution in [-0.4, -0.2) is 84.7 Å². The Balaban J connectivity index is 1.58. The monoisotopic (exact) mass is 478 g/mol. The zero-order valence-electron chi connectivity index (χ0n) is 19.7. The van der Waals surface area contributed by atoms with E-state index in [0.29, 0.717) is 64.4 Å². The van der Waals surface area contributed by atoms with Crippen LogP contribution in [0.4, 0.5) is 0 Å². The summed E-state index contributed by atoms with van der Waals surface area (Å²) < 4.78 is 40.5. The van der Waals surface area contributed by atoms with Crippen molar-refractivity contribution < 1.29 is 22.7 Å². The normalized spacial score (nSPS) is 19.8. The van der Waals surface area contributed by atoms with E-state index in [2.05, 4.69) is 11.5 Å². The fraction of sp³-hybridized carbons (Fsp3) is 0.652. The van der Waals surface area contributed by atoms with E-state index in [1.54, 1.807) is 12.1 Å². The van der Waals surface area contributed by atoms with Gasteiger partial charge in [-0.15, -0.1) is 0 Å². The Morgan fingerprint density at radius 3 is 2.55 bits per heavy atom. The minimum Gasteiger partial charge on any atom is -0.379 e. The first-order valence-corrected chi connectivity index (χ1v) is 13.1. The van der Waals surface area contributed by atoms with Crippen LogP contribution in [0, 0.1) is 0 Å². The Morgan fingerprint density at radius 1 is 1.12 bits per heavy atom. The SMILES string of the molecule is CCCn1c(CCC(=O)N2CCOCC2(C)C)nc2cc(S(=O)(=O)N3CCOCC3)ccc21. The van der Waals surface area contributed by atoms with Crippen molar-refractivity contribution in [1.82, 2.24) is 18.8 Å². The average Bonchev–Trinajstić information content (AvgIpc) is 3.14. The second-order valence-corrected chi connectivity index (χ2v) is 11.2. The zero-order chi connectivity index (χ0) is 23.6. The van der Waals surface area contributed by atoms with Gasteiger partial charge in [-0.3, -0.25) is 4.79 Å². The number of amides is 1. The number of fused-ring (bicyclic) bond motifs is 1. The number of nitrogens with zero attached hydrogens (tertiary/aromatic N) is 4. The molecule has 9 nitrogen and oxygen atoms in total. The highest BCUT2D eigenvalue weighted by atomic mass is 32.2. The van der Waals surface area contributed by atoms with Gasteiger partial charge in [0.25, 0.3) is 0 Å². The standard InChI is InChI=1S/C23H34N4O5S/c1-4-9-26-20-6-5-18(33(29,30)25-10-13-31-14-11-25)16-19(20)24-21(26)7-8-22(28)27-12-15-32-17-23(27,2)3/h5-6,16H,4,7-15,17H2,1-3H3. The zero-order valence-corrected chi connectivity index (χ0v) is 20.6. The third-order valence-electron chi connectivity index (χ3n) is 6.36. The van der Waals surface area contributed by atoms with Crippen LogP contribution >= 0.6 is 0 Å². The summed E-state index contributed by atoms with van der Waals surface area (Å²) in [6.07, 6.45) is 1.78. The summed E-state index contributed by atoms with van der Waals surface area (Å²) in [5.41, 5.74) is 1.22. The second kappa shape index (κ2) is 9.69. The number of imidazole rings is 1. The highest BCUT2D eigenvalue weighted by Crippen LogP contribution is 2.25. The number of benzene rings is 1. The minimum absolute atomic E-state index is 0.0917. The molecule has 2 aliphatic heterocycles. The van der Waals surface area contributed by atoms with E-state index in [1.807, 2.05) is 24.8 Å². The third kappa shape index (κ3) is 4.94. The largest absolute Gasteiger partial charge is 0.379 e. The number of rotatable bonds is 7. The van der Waals surface area contributed by atoms with E-state index in [0.717, 1.165) is 24.3 Å². The van der Waals surface area contributed by atoms with E-state index in [4.69, 9.17) is 14.5 Å². The Kier molecular flexibility index (Phi) is 7.09. The van der Waals surface area contributed by atoms with Crippen LogP contribution in [0.1, 0.15) is 39.4 Å². The van der Waals surface area contributed by atoms with Crippen LogP contribution < -0.4 is 0 Å². The van der Waals surface area contributed by atoms with Gasteiger partial charge in [-0.25, -0.2) is 13.4 Å². The van der Waals surface area contributed by atoms with Crippen molar-refractivity contribution in [3.05, 3.63) is 24.0 Å². The van der Waals surface area contributed by atoms with E-state index in [1.165, 1.54) is 4.31 Å². The lowest BCUT2D eigenvalue weighted by Gasteiger charge is -2.42. The summed E-state index contributed by atoms with van der Waals surface area (Å²) in [5, 5.41) is 0. The molecule has 1 aromatic carbocycles. The number of morpholine rings is 2. The van der Waals surface area contributed by atoms with Crippen LogP contribution in [0.25, 0.3) is 11.0 Å². The number of hydrogen-bond acceptors (Lipinski definition) is 6. The molecule has 0 bridgehead atoms. The molecule has 0 atom stereocenters. The van der Waals surface area contributed by atoms with Crippen molar-refractivity contribution in [2.24, 2.45) is 0 Å². The molecule has 2 saturated heterocycles. The van der Waals surface area contributed by atoms with Crippen molar-refractivity contribution in [3.63, 3.8) is 0 Å². The molecule has 0 unspecified atom stereocenters. The molecule has 4 rings (SSSR count). The maximum atomic E-state index is 13.1. The van der Waals surface area contributed by atoms with Crippen molar-refractivity contribution in [2.75, 3.05) is 46.1 Å². The van der Waals surface area contributed by atoms with Gasteiger partial charge in [0.1, 0.15) is 5.82 Å². The number of ether oxygens (including phenoxy) is 2. The molecule has 0 saturated carbocycles. The smallest absolute Gasteiger partial charge is 0.243 e. The van der Waals surface area contributed by atoms with Crippen molar-refractivity contribution >= 4 is 27.0 Å². The molecular formula is C23H34N4O5S. The van der Waals surface area contributed by atoms with Crippen LogP contribution in [0.3, 0.4) is 0 Å². The summed E-state index contributed by atoms with van der Waals surface area (Å²) in [6.45, 7) is 10.1. The molecule has 3 heterocycles. The first-order chi connectivity index (χ1) is 15.7. The van der Waals surface area contributed by atoms with E-state index < -0.39 is 10.0 Å². The summed E-state index contributed by atoms with van der Waals surface area (Å²) in [5.74, 6) is 0.904. The van der Waals surface area contributed by atoms with Crippen molar-refractivity contribution in [2.45, 2.75) is 57.0 Å². The van der Waals surface area contributed by atoms with Crippen LogP contribution in [0.2, 0.25) is 0 Å². The molecule has 33 heavy (non-hydrogen) atoms. The maximum Gasteiger partial charge on any atom is 0.243 e. The maximum absolute atomic E-state index is 13.1. The fourth-order valence-corrected chi connectivity index (χ4v) is 6.02. The van der Waals surface area contributed by atoms with Crippen LogP contribution in [0.15, 0.2) is 23.1 Å². The fourth-order valence-electron chi connectivity index (χ4n) is 4.59. The quantitative estimate of drug-likeness (QED) is 0.605. The van der Waals surface area contributed by atoms with Crippen LogP contribution in [0.5, 0.6) is 0 Å². The number of aromatic nitrogens is 2. The number of sulfonamides is 1. The van der Waals surface area contributed by atoms with Gasteiger partial charge in [0.15, 0.2) is 0 Å². The summed E-state index contributed by atoms with van der Waals surface area (Å²) in [6, 6.07) is 5.15. The summed E-state index contributed by atoms with van der Waals surface area (Å²) in [7, 11) is -3.59. The Hall–Kier alpha value is -2.01. The second-order valence-electron chi connectivity index (χ2n) is 9.26. The Labute approximate surface area is 195 Å².